The monoisotopic (exact) mass is 335 g/mol. The summed E-state index contributed by atoms with van der Waals surface area (Å²) in [6, 6.07) is 19.5. The molecule has 4 N–H and O–H groups in total. The van der Waals surface area contributed by atoms with E-state index in [0.29, 0.717) is 0 Å². The van der Waals surface area contributed by atoms with Crippen molar-refractivity contribution < 1.29 is 27.9 Å². The molecule has 4 unspecified atom stereocenters. The van der Waals surface area contributed by atoms with Crippen molar-refractivity contribution in [1.29, 1.82) is 0 Å². The van der Waals surface area contributed by atoms with E-state index >= 15 is 0 Å². The van der Waals surface area contributed by atoms with E-state index in [2.05, 4.69) is 5.32 Å². The summed E-state index contributed by atoms with van der Waals surface area (Å²) in [4.78, 5) is 0. The van der Waals surface area contributed by atoms with Crippen LogP contribution < -0.4 is 17.7 Å². The normalized spacial score (nSPS) is 16.0. The SMILES string of the molecule is CC(C[NH2+]C(C)C(O)c1ccccc1)C(O)c1ccccc1.[Cl-]. The molecule has 0 heterocycles. The molecule has 0 radical (unpaired) electrons. The van der Waals surface area contributed by atoms with Gasteiger partial charge in [-0.05, 0) is 18.1 Å². The van der Waals surface area contributed by atoms with Crippen molar-refractivity contribution in [3.8, 4) is 0 Å². The van der Waals surface area contributed by atoms with Gasteiger partial charge in [-0.1, -0.05) is 67.6 Å². The predicted octanol–water partition coefficient (Wildman–Crippen LogP) is -0.954. The molecule has 126 valence electrons. The Morgan fingerprint density at radius 3 is 1.70 bits per heavy atom. The van der Waals surface area contributed by atoms with Crippen LogP contribution in [0.25, 0.3) is 0 Å². The summed E-state index contributed by atoms with van der Waals surface area (Å²) in [6.45, 7) is 4.82. The Balaban J connectivity index is 0.00000264. The van der Waals surface area contributed by atoms with E-state index in [1.807, 2.05) is 74.5 Å². The minimum atomic E-state index is -0.498. The molecule has 0 aliphatic heterocycles. The second-order valence-electron chi connectivity index (χ2n) is 6.02. The van der Waals surface area contributed by atoms with Crippen LogP contribution >= 0.6 is 0 Å². The fourth-order valence-corrected chi connectivity index (χ4v) is 2.62. The summed E-state index contributed by atoms with van der Waals surface area (Å²) in [7, 11) is 0. The molecular weight excluding hydrogens is 310 g/mol. The summed E-state index contributed by atoms with van der Waals surface area (Å²) in [5, 5.41) is 22.8. The average Bonchev–Trinajstić information content (AvgIpc) is 2.59. The summed E-state index contributed by atoms with van der Waals surface area (Å²) in [6.07, 6.45) is -0.971. The maximum atomic E-state index is 10.4. The molecule has 3 nitrogen and oxygen atoms in total. The average molecular weight is 336 g/mol. The quantitative estimate of drug-likeness (QED) is 0.611. The first-order valence-electron chi connectivity index (χ1n) is 7.89. The first kappa shape index (κ1) is 19.7. The molecule has 23 heavy (non-hydrogen) atoms. The van der Waals surface area contributed by atoms with Crippen LogP contribution in [0.2, 0.25) is 0 Å². The standard InChI is InChI=1S/C19H25NO2.ClH/c1-14(18(21)16-9-5-3-6-10-16)13-20-15(2)19(22)17-11-7-4-8-12-17;/h3-12,14-15,18-22H,13H2,1-2H3;1H. The van der Waals surface area contributed by atoms with Crippen LogP contribution in [-0.2, 0) is 0 Å². The Hall–Kier alpha value is -1.39. The highest BCUT2D eigenvalue weighted by atomic mass is 35.5. The topological polar surface area (TPSA) is 57.1 Å². The van der Waals surface area contributed by atoms with Crippen molar-refractivity contribution in [1.82, 2.24) is 0 Å². The zero-order chi connectivity index (χ0) is 15.9. The van der Waals surface area contributed by atoms with E-state index in [1.165, 1.54) is 0 Å². The number of aliphatic hydroxyl groups excluding tert-OH is 2. The number of halogens is 1. The lowest BCUT2D eigenvalue weighted by molar-refractivity contribution is -0.700. The Morgan fingerprint density at radius 1 is 0.783 bits per heavy atom. The van der Waals surface area contributed by atoms with Gasteiger partial charge in [-0.25, -0.2) is 0 Å². The first-order valence-corrected chi connectivity index (χ1v) is 7.89. The van der Waals surface area contributed by atoms with Crippen LogP contribution in [0, 0.1) is 5.92 Å². The summed E-state index contributed by atoms with van der Waals surface area (Å²) in [5.41, 5.74) is 1.88. The highest BCUT2D eigenvalue weighted by Crippen LogP contribution is 2.20. The largest absolute Gasteiger partial charge is 1.00 e. The fourth-order valence-electron chi connectivity index (χ4n) is 2.62. The Bertz CT molecular complexity index is 498. The van der Waals surface area contributed by atoms with Gasteiger partial charge < -0.3 is 27.9 Å². The number of aliphatic hydroxyl groups is 2. The molecule has 0 aliphatic rings. The Kier molecular flexibility index (Phi) is 8.28. The van der Waals surface area contributed by atoms with Gasteiger partial charge in [-0.15, -0.1) is 0 Å². The lowest BCUT2D eigenvalue weighted by Crippen LogP contribution is -3.00. The molecule has 4 heteroatoms. The van der Waals surface area contributed by atoms with Crippen molar-refractivity contribution in [2.45, 2.75) is 32.1 Å². The first-order chi connectivity index (χ1) is 10.6. The molecule has 2 rings (SSSR count). The molecule has 0 aromatic heterocycles. The molecule has 2 aromatic rings. The third-order valence-electron chi connectivity index (χ3n) is 4.20. The molecular formula is C19H26ClNO2. The second kappa shape index (κ2) is 9.68. The van der Waals surface area contributed by atoms with Gasteiger partial charge >= 0.3 is 0 Å². The number of hydrogen-bond donors (Lipinski definition) is 3. The van der Waals surface area contributed by atoms with Crippen molar-refractivity contribution in [2.24, 2.45) is 5.92 Å². The van der Waals surface area contributed by atoms with Crippen LogP contribution in [-0.4, -0.2) is 22.8 Å². The fraction of sp³-hybridized carbons (Fsp3) is 0.368. The predicted molar refractivity (Wildman–Crippen MR) is 88.2 cm³/mol. The minimum Gasteiger partial charge on any atom is -1.00 e. The van der Waals surface area contributed by atoms with Gasteiger partial charge in [0.25, 0.3) is 0 Å². The highest BCUT2D eigenvalue weighted by Gasteiger charge is 2.23. The third-order valence-corrected chi connectivity index (χ3v) is 4.20. The smallest absolute Gasteiger partial charge is 0.130 e. The number of hydrogen-bond acceptors (Lipinski definition) is 2. The van der Waals surface area contributed by atoms with Crippen molar-refractivity contribution >= 4 is 0 Å². The maximum Gasteiger partial charge on any atom is 0.130 e. The Morgan fingerprint density at radius 2 is 1.22 bits per heavy atom. The molecule has 0 fully saturated rings. The molecule has 4 atom stereocenters. The molecule has 0 saturated heterocycles. The molecule has 0 amide bonds. The van der Waals surface area contributed by atoms with Crippen LogP contribution in [0.5, 0.6) is 0 Å². The second-order valence-corrected chi connectivity index (χ2v) is 6.02. The lowest BCUT2D eigenvalue weighted by atomic mass is 9.96. The summed E-state index contributed by atoms with van der Waals surface area (Å²) < 4.78 is 0. The number of quaternary nitrogens is 1. The number of rotatable bonds is 7. The van der Waals surface area contributed by atoms with E-state index in [4.69, 9.17) is 0 Å². The van der Waals surface area contributed by atoms with Crippen LogP contribution in [0.3, 0.4) is 0 Å². The van der Waals surface area contributed by atoms with Crippen molar-refractivity contribution in [3.63, 3.8) is 0 Å². The molecule has 2 aromatic carbocycles. The lowest BCUT2D eigenvalue weighted by Gasteiger charge is -2.22. The van der Waals surface area contributed by atoms with Gasteiger partial charge in [0.05, 0.1) is 12.6 Å². The Labute approximate surface area is 144 Å². The zero-order valence-electron chi connectivity index (χ0n) is 13.6. The molecule has 0 aliphatic carbocycles. The number of nitrogens with two attached hydrogens (primary N) is 1. The van der Waals surface area contributed by atoms with Gasteiger partial charge in [0, 0.05) is 5.92 Å². The van der Waals surface area contributed by atoms with Gasteiger partial charge in [0.15, 0.2) is 0 Å². The zero-order valence-corrected chi connectivity index (χ0v) is 14.4. The van der Waals surface area contributed by atoms with E-state index in [0.717, 1.165) is 17.7 Å². The van der Waals surface area contributed by atoms with Crippen molar-refractivity contribution in [2.75, 3.05) is 6.54 Å². The van der Waals surface area contributed by atoms with Gasteiger partial charge in [0.2, 0.25) is 0 Å². The van der Waals surface area contributed by atoms with Gasteiger partial charge in [0.1, 0.15) is 12.1 Å². The maximum absolute atomic E-state index is 10.4. The molecule has 0 spiro atoms. The van der Waals surface area contributed by atoms with Crippen LogP contribution in [0.15, 0.2) is 60.7 Å². The van der Waals surface area contributed by atoms with Crippen molar-refractivity contribution in [3.05, 3.63) is 71.8 Å². The van der Waals surface area contributed by atoms with Crippen LogP contribution in [0.1, 0.15) is 37.2 Å². The van der Waals surface area contributed by atoms with E-state index < -0.39 is 12.2 Å². The van der Waals surface area contributed by atoms with E-state index in [1.54, 1.807) is 0 Å². The highest BCUT2D eigenvalue weighted by molar-refractivity contribution is 5.18. The molecule has 0 saturated carbocycles. The molecule has 0 bridgehead atoms. The summed E-state index contributed by atoms with van der Waals surface area (Å²) in [5.74, 6) is 0.118. The summed E-state index contributed by atoms with van der Waals surface area (Å²) >= 11 is 0. The number of benzene rings is 2. The van der Waals surface area contributed by atoms with Gasteiger partial charge in [-0.2, -0.15) is 0 Å². The van der Waals surface area contributed by atoms with E-state index in [-0.39, 0.29) is 24.4 Å². The van der Waals surface area contributed by atoms with Crippen LogP contribution in [0.4, 0.5) is 0 Å². The van der Waals surface area contributed by atoms with Gasteiger partial charge in [-0.3, -0.25) is 0 Å². The minimum absolute atomic E-state index is 0. The third kappa shape index (κ3) is 5.63. The van der Waals surface area contributed by atoms with E-state index in [9.17, 15) is 10.2 Å².